The van der Waals surface area contributed by atoms with Gasteiger partial charge in [-0.15, -0.1) is 24.0 Å². The zero-order chi connectivity index (χ0) is 18.9. The van der Waals surface area contributed by atoms with Crippen LogP contribution in [0.15, 0.2) is 17.1 Å². The summed E-state index contributed by atoms with van der Waals surface area (Å²) in [7, 11) is 1.74. The lowest BCUT2D eigenvalue weighted by Gasteiger charge is -2.20. The van der Waals surface area contributed by atoms with E-state index in [9.17, 15) is 9.59 Å². The molecule has 2 aliphatic carbocycles. The monoisotopic (exact) mass is 488 g/mol. The summed E-state index contributed by atoms with van der Waals surface area (Å²) in [6.45, 7) is 8.51. The number of aliphatic imine (C=N–C) groups is 1. The van der Waals surface area contributed by atoms with E-state index in [2.05, 4.69) is 48.5 Å². The molecule has 3 aliphatic rings. The van der Waals surface area contributed by atoms with Gasteiger partial charge in [-0.2, -0.15) is 0 Å². The largest absolute Gasteiger partial charge is 0.356 e. The van der Waals surface area contributed by atoms with Crippen LogP contribution in [-0.4, -0.2) is 49.4 Å². The van der Waals surface area contributed by atoms with Gasteiger partial charge in [0, 0.05) is 26.7 Å². The average Bonchev–Trinajstić information content (AvgIpc) is 3.25. The predicted molar refractivity (Wildman–Crippen MR) is 118 cm³/mol. The summed E-state index contributed by atoms with van der Waals surface area (Å²) in [5.41, 5.74) is 0.335. The van der Waals surface area contributed by atoms with Crippen molar-refractivity contribution in [1.82, 2.24) is 15.5 Å². The number of likely N-dealkylation sites (tertiary alicyclic amines) is 1. The maximum absolute atomic E-state index is 12.6. The highest BCUT2D eigenvalue weighted by molar-refractivity contribution is 14.0. The van der Waals surface area contributed by atoms with E-state index < -0.39 is 0 Å². The first-order valence-corrected chi connectivity index (χ1v) is 9.80. The Morgan fingerprint density at radius 2 is 1.67 bits per heavy atom. The molecule has 2 amide bonds. The van der Waals surface area contributed by atoms with E-state index in [4.69, 9.17) is 0 Å². The fourth-order valence-electron chi connectivity index (χ4n) is 4.52. The molecule has 0 radical (unpaired) electrons. The minimum atomic E-state index is -0.104. The van der Waals surface area contributed by atoms with Crippen molar-refractivity contribution in [2.45, 2.75) is 40.0 Å². The topological polar surface area (TPSA) is 73.8 Å². The summed E-state index contributed by atoms with van der Waals surface area (Å²) in [5.74, 6) is 1.10. The van der Waals surface area contributed by atoms with Gasteiger partial charge in [-0.05, 0) is 36.5 Å². The number of hydrogen-bond acceptors (Lipinski definition) is 3. The zero-order valence-corrected chi connectivity index (χ0v) is 19.2. The molecule has 1 heterocycles. The molecule has 4 atom stereocenters. The second kappa shape index (κ2) is 8.92. The van der Waals surface area contributed by atoms with E-state index in [1.807, 2.05) is 0 Å². The normalized spacial score (nSPS) is 29.2. The number of fused-ring (bicyclic) bond motifs is 5. The van der Waals surface area contributed by atoms with Crippen molar-refractivity contribution in [1.29, 1.82) is 0 Å². The molecule has 27 heavy (non-hydrogen) atoms. The molecule has 1 aliphatic heterocycles. The van der Waals surface area contributed by atoms with E-state index in [-0.39, 0.29) is 59.5 Å². The smallest absolute Gasteiger partial charge is 0.233 e. The van der Waals surface area contributed by atoms with Crippen LogP contribution in [0.5, 0.6) is 0 Å². The lowest BCUT2D eigenvalue weighted by atomic mass is 9.85. The van der Waals surface area contributed by atoms with Crippen LogP contribution in [0.1, 0.15) is 40.0 Å². The van der Waals surface area contributed by atoms with Crippen molar-refractivity contribution < 1.29 is 9.59 Å². The fraction of sp³-hybridized carbons (Fsp3) is 0.750. The first kappa shape index (κ1) is 22.2. The number of hydrogen-bond donors (Lipinski definition) is 2. The molecule has 1 saturated carbocycles. The molecule has 1 saturated heterocycles. The maximum atomic E-state index is 12.6. The highest BCUT2D eigenvalue weighted by Gasteiger charge is 2.58. The Hall–Kier alpha value is -1.12. The average molecular weight is 488 g/mol. The first-order valence-electron chi connectivity index (χ1n) is 9.80. The Labute approximate surface area is 179 Å². The Morgan fingerprint density at radius 3 is 2.19 bits per heavy atom. The number of guanidine groups is 1. The van der Waals surface area contributed by atoms with Gasteiger partial charge < -0.3 is 10.6 Å². The first-order chi connectivity index (χ1) is 12.3. The van der Waals surface area contributed by atoms with E-state index in [0.717, 1.165) is 31.8 Å². The van der Waals surface area contributed by atoms with Crippen LogP contribution in [0.25, 0.3) is 0 Å². The Bertz CT molecular complexity index is 596. The van der Waals surface area contributed by atoms with Crippen LogP contribution in [0.4, 0.5) is 0 Å². The molecule has 0 aromatic heterocycles. The van der Waals surface area contributed by atoms with Crippen molar-refractivity contribution >= 4 is 41.8 Å². The number of carbonyl (C=O) groups excluding carboxylic acids is 2. The standard InChI is InChI=1S/C20H32N4O2.HI/c1-20(2,3)8-5-9-22-19(21-4)23-10-11-24-17(25)15-13-6-7-14(12-13)16(15)18(24)26;/h6-7,13-16H,5,8-12H2,1-4H3,(H2,21,22,23);1H. The number of nitrogens with one attached hydrogen (secondary N) is 2. The van der Waals surface area contributed by atoms with Gasteiger partial charge in [0.25, 0.3) is 0 Å². The van der Waals surface area contributed by atoms with E-state index in [1.54, 1.807) is 7.05 Å². The maximum Gasteiger partial charge on any atom is 0.233 e. The summed E-state index contributed by atoms with van der Waals surface area (Å²) < 4.78 is 0. The predicted octanol–water partition coefficient (Wildman–Crippen LogP) is 2.40. The molecule has 2 bridgehead atoms. The van der Waals surface area contributed by atoms with E-state index >= 15 is 0 Å². The number of carbonyl (C=O) groups is 2. The van der Waals surface area contributed by atoms with Crippen LogP contribution >= 0.6 is 24.0 Å². The second-order valence-corrected chi connectivity index (χ2v) is 8.92. The molecule has 0 aromatic rings. The van der Waals surface area contributed by atoms with Crippen molar-refractivity contribution in [3.63, 3.8) is 0 Å². The quantitative estimate of drug-likeness (QED) is 0.150. The summed E-state index contributed by atoms with van der Waals surface area (Å²) in [6.07, 6.45) is 7.45. The SMILES string of the molecule is CN=C(NCCCC(C)(C)C)NCCN1C(=O)C2C3C=CC(C3)C2C1=O.I. The third-order valence-corrected chi connectivity index (χ3v) is 5.81. The van der Waals surface area contributed by atoms with Crippen LogP contribution in [0.2, 0.25) is 0 Å². The van der Waals surface area contributed by atoms with Crippen LogP contribution in [0, 0.1) is 29.1 Å². The van der Waals surface area contributed by atoms with E-state index in [1.165, 1.54) is 4.90 Å². The molecule has 0 spiro atoms. The molecule has 152 valence electrons. The third-order valence-electron chi connectivity index (χ3n) is 5.81. The lowest BCUT2D eigenvalue weighted by molar-refractivity contribution is -0.140. The number of halogens is 1. The minimum absolute atomic E-state index is 0. The number of imide groups is 1. The van der Waals surface area contributed by atoms with Gasteiger partial charge in [-0.3, -0.25) is 19.5 Å². The Balaban J connectivity index is 0.00000261. The molecule has 7 heteroatoms. The van der Waals surface area contributed by atoms with Crippen molar-refractivity contribution in [3.8, 4) is 0 Å². The number of nitrogens with zero attached hydrogens (tertiary/aromatic N) is 2. The van der Waals surface area contributed by atoms with Gasteiger partial charge in [0.05, 0.1) is 11.8 Å². The second-order valence-electron chi connectivity index (χ2n) is 8.92. The van der Waals surface area contributed by atoms with Gasteiger partial charge in [0.1, 0.15) is 0 Å². The third kappa shape index (κ3) is 4.84. The molecule has 2 N–H and O–H groups in total. The van der Waals surface area contributed by atoms with Crippen LogP contribution in [-0.2, 0) is 9.59 Å². The summed E-state index contributed by atoms with van der Waals surface area (Å²) in [6, 6.07) is 0. The number of rotatable bonds is 6. The minimum Gasteiger partial charge on any atom is -0.356 e. The molecule has 2 fully saturated rings. The zero-order valence-electron chi connectivity index (χ0n) is 16.8. The van der Waals surface area contributed by atoms with Crippen molar-refractivity contribution in [3.05, 3.63) is 12.2 Å². The molecule has 6 nitrogen and oxygen atoms in total. The van der Waals surface area contributed by atoms with Gasteiger partial charge in [0.15, 0.2) is 5.96 Å². The molecular weight excluding hydrogens is 455 g/mol. The van der Waals surface area contributed by atoms with Gasteiger partial charge >= 0.3 is 0 Å². The highest BCUT2D eigenvalue weighted by Crippen LogP contribution is 2.52. The molecular formula is C20H33IN4O2. The van der Waals surface area contributed by atoms with Crippen molar-refractivity contribution in [2.75, 3.05) is 26.7 Å². The van der Waals surface area contributed by atoms with Crippen molar-refractivity contribution in [2.24, 2.45) is 34.1 Å². The van der Waals surface area contributed by atoms with Crippen LogP contribution < -0.4 is 10.6 Å². The fourth-order valence-corrected chi connectivity index (χ4v) is 4.52. The number of allylic oxidation sites excluding steroid dienone is 2. The summed E-state index contributed by atoms with van der Waals surface area (Å²) in [5, 5.41) is 6.51. The van der Waals surface area contributed by atoms with E-state index in [0.29, 0.717) is 18.5 Å². The molecule has 0 aromatic carbocycles. The number of amides is 2. The highest BCUT2D eigenvalue weighted by atomic mass is 127. The molecule has 4 unspecified atom stereocenters. The molecule has 3 rings (SSSR count). The summed E-state index contributed by atoms with van der Waals surface area (Å²) >= 11 is 0. The Morgan fingerprint density at radius 1 is 1.11 bits per heavy atom. The lowest BCUT2D eigenvalue weighted by Crippen LogP contribution is -2.44. The van der Waals surface area contributed by atoms with Gasteiger partial charge in [-0.25, -0.2) is 0 Å². The van der Waals surface area contributed by atoms with Gasteiger partial charge in [-0.1, -0.05) is 32.9 Å². The van der Waals surface area contributed by atoms with Gasteiger partial charge in [0.2, 0.25) is 11.8 Å². The van der Waals surface area contributed by atoms with Crippen LogP contribution in [0.3, 0.4) is 0 Å². The Kier molecular flexibility index (Phi) is 7.33. The summed E-state index contributed by atoms with van der Waals surface area (Å²) in [4.78, 5) is 30.9.